The first-order valence-electron chi connectivity index (χ1n) is 10.5. The zero-order valence-electron chi connectivity index (χ0n) is 20.0. The summed E-state index contributed by atoms with van der Waals surface area (Å²) >= 11 is 0. The van der Waals surface area contributed by atoms with Crippen molar-refractivity contribution >= 4 is 27.7 Å². The number of halogens is 1. The number of nitrogens with zero attached hydrogens (tertiary/aromatic N) is 1. The van der Waals surface area contributed by atoms with E-state index in [2.05, 4.69) is 0 Å². The number of non-ortho nitro benzene ring substituents is 1. The fourth-order valence-electron chi connectivity index (χ4n) is 3.57. The molecule has 3 aromatic rings. The van der Waals surface area contributed by atoms with Crippen molar-refractivity contribution in [2.75, 3.05) is 28.4 Å². The monoisotopic (exact) mass is 517 g/mol. The highest BCUT2D eigenvalue weighted by atomic mass is 32.2. The average molecular weight is 518 g/mol. The Balaban J connectivity index is 2.05. The lowest BCUT2D eigenvalue weighted by atomic mass is 10.0. The van der Waals surface area contributed by atoms with Crippen LogP contribution in [0.5, 0.6) is 23.0 Å². The predicted molar refractivity (Wildman–Crippen MR) is 132 cm³/mol. The zero-order chi connectivity index (χ0) is 26.5. The summed E-state index contributed by atoms with van der Waals surface area (Å²) in [5.74, 6) is -0.275. The third-order valence-electron chi connectivity index (χ3n) is 5.34. The summed E-state index contributed by atoms with van der Waals surface area (Å²) in [6.45, 7) is 0. The van der Waals surface area contributed by atoms with Gasteiger partial charge in [-0.05, 0) is 41.5 Å². The molecule has 0 heterocycles. The first-order valence-corrected chi connectivity index (χ1v) is 12.1. The molecule has 0 amide bonds. The van der Waals surface area contributed by atoms with Gasteiger partial charge in [-0.3, -0.25) is 10.1 Å². The van der Waals surface area contributed by atoms with Crippen LogP contribution in [0.15, 0.2) is 53.4 Å². The molecule has 3 rings (SSSR count). The highest BCUT2D eigenvalue weighted by Gasteiger charge is 2.23. The number of ether oxygens (including phenoxy) is 4. The van der Waals surface area contributed by atoms with Gasteiger partial charge in [-0.25, -0.2) is 12.8 Å². The molecule has 11 heteroatoms. The Morgan fingerprint density at radius 2 is 1.44 bits per heavy atom. The van der Waals surface area contributed by atoms with Gasteiger partial charge in [0.25, 0.3) is 5.69 Å². The maximum atomic E-state index is 14.5. The Morgan fingerprint density at radius 1 is 0.861 bits per heavy atom. The number of sulfone groups is 1. The minimum atomic E-state index is -4.00. The van der Waals surface area contributed by atoms with E-state index in [1.807, 2.05) is 0 Å². The molecule has 0 fully saturated rings. The van der Waals surface area contributed by atoms with Crippen LogP contribution in [0.25, 0.3) is 12.2 Å². The number of rotatable bonds is 10. The molecule has 0 saturated heterocycles. The van der Waals surface area contributed by atoms with E-state index in [4.69, 9.17) is 18.9 Å². The maximum Gasteiger partial charge on any atom is 0.269 e. The first kappa shape index (κ1) is 26.5. The molecule has 3 aromatic carbocycles. The minimum absolute atomic E-state index is 0.0968. The van der Waals surface area contributed by atoms with E-state index >= 15 is 0 Å². The SMILES string of the molecule is COc1cc(/C=C\c2ccc(F)c(OC)c2CS(=O)(=O)c2ccc([N+](=O)[O-])cc2)cc(OC)c1OC. The Labute approximate surface area is 207 Å². The van der Waals surface area contributed by atoms with Gasteiger partial charge in [0, 0.05) is 17.7 Å². The molecule has 0 aromatic heterocycles. The van der Waals surface area contributed by atoms with E-state index in [0.29, 0.717) is 28.4 Å². The lowest BCUT2D eigenvalue weighted by Gasteiger charge is -2.14. The highest BCUT2D eigenvalue weighted by Crippen LogP contribution is 2.39. The summed E-state index contributed by atoms with van der Waals surface area (Å²) < 4.78 is 62.0. The van der Waals surface area contributed by atoms with Crippen molar-refractivity contribution in [2.45, 2.75) is 10.6 Å². The smallest absolute Gasteiger partial charge is 0.269 e. The number of methoxy groups -OCH3 is 4. The molecule has 0 aliphatic rings. The van der Waals surface area contributed by atoms with Gasteiger partial charge < -0.3 is 18.9 Å². The van der Waals surface area contributed by atoms with E-state index in [1.165, 1.54) is 40.6 Å². The van der Waals surface area contributed by atoms with Crippen molar-refractivity contribution < 1.29 is 36.7 Å². The second-order valence-electron chi connectivity index (χ2n) is 7.45. The summed E-state index contributed by atoms with van der Waals surface area (Å²) in [7, 11) is 1.69. The molecular formula is C25H24FNO8S. The molecule has 0 spiro atoms. The van der Waals surface area contributed by atoms with Crippen LogP contribution in [-0.4, -0.2) is 41.8 Å². The van der Waals surface area contributed by atoms with E-state index in [-0.39, 0.29) is 21.9 Å². The topological polar surface area (TPSA) is 114 Å². The van der Waals surface area contributed by atoms with E-state index in [1.54, 1.807) is 24.3 Å². The number of hydrogen-bond acceptors (Lipinski definition) is 8. The van der Waals surface area contributed by atoms with Crippen LogP contribution in [-0.2, 0) is 15.6 Å². The Bertz CT molecular complexity index is 1380. The summed E-state index contributed by atoms with van der Waals surface area (Å²) in [6, 6.07) is 10.5. The normalized spacial score (nSPS) is 11.4. The van der Waals surface area contributed by atoms with Crippen molar-refractivity contribution in [1.29, 1.82) is 0 Å². The summed E-state index contributed by atoms with van der Waals surface area (Å²) in [4.78, 5) is 10.1. The zero-order valence-corrected chi connectivity index (χ0v) is 20.8. The molecule has 0 aliphatic heterocycles. The number of hydrogen-bond donors (Lipinski definition) is 0. The van der Waals surface area contributed by atoms with E-state index < -0.39 is 26.3 Å². The Kier molecular flexibility index (Phi) is 8.15. The fourth-order valence-corrected chi connectivity index (χ4v) is 4.97. The van der Waals surface area contributed by atoms with Crippen LogP contribution in [0.1, 0.15) is 16.7 Å². The molecule has 9 nitrogen and oxygen atoms in total. The quantitative estimate of drug-likeness (QED) is 0.212. The second-order valence-corrected chi connectivity index (χ2v) is 9.44. The van der Waals surface area contributed by atoms with Crippen LogP contribution < -0.4 is 18.9 Å². The maximum absolute atomic E-state index is 14.5. The van der Waals surface area contributed by atoms with E-state index in [9.17, 15) is 22.9 Å². The van der Waals surface area contributed by atoms with Crippen molar-refractivity contribution in [2.24, 2.45) is 0 Å². The number of nitro groups is 1. The molecule has 0 bridgehead atoms. The van der Waals surface area contributed by atoms with Crippen LogP contribution in [0.3, 0.4) is 0 Å². The van der Waals surface area contributed by atoms with Gasteiger partial charge in [0.1, 0.15) is 0 Å². The van der Waals surface area contributed by atoms with Gasteiger partial charge in [-0.2, -0.15) is 0 Å². The summed E-state index contributed by atoms with van der Waals surface area (Å²) in [5.41, 5.74) is 0.898. The van der Waals surface area contributed by atoms with Gasteiger partial charge in [0.15, 0.2) is 32.9 Å². The number of nitro benzene ring substituents is 1. The van der Waals surface area contributed by atoms with Gasteiger partial charge >= 0.3 is 0 Å². The lowest BCUT2D eigenvalue weighted by Crippen LogP contribution is -2.09. The molecule has 0 radical (unpaired) electrons. The van der Waals surface area contributed by atoms with Gasteiger partial charge in [0.05, 0.1) is 44.0 Å². The molecule has 0 N–H and O–H groups in total. The lowest BCUT2D eigenvalue weighted by molar-refractivity contribution is -0.384. The third-order valence-corrected chi connectivity index (χ3v) is 7.00. The van der Waals surface area contributed by atoms with Crippen LogP contribution >= 0.6 is 0 Å². The van der Waals surface area contributed by atoms with Crippen LogP contribution in [0.4, 0.5) is 10.1 Å². The molecule has 0 saturated carbocycles. The van der Waals surface area contributed by atoms with Crippen LogP contribution in [0, 0.1) is 15.9 Å². The second kappa shape index (κ2) is 11.1. The van der Waals surface area contributed by atoms with Gasteiger partial charge in [-0.1, -0.05) is 18.2 Å². The van der Waals surface area contributed by atoms with Gasteiger partial charge in [0.2, 0.25) is 5.75 Å². The van der Waals surface area contributed by atoms with Crippen molar-refractivity contribution in [1.82, 2.24) is 0 Å². The molecule has 0 atom stereocenters. The molecule has 190 valence electrons. The number of benzene rings is 3. The molecule has 0 aliphatic carbocycles. The highest BCUT2D eigenvalue weighted by molar-refractivity contribution is 7.90. The van der Waals surface area contributed by atoms with Crippen molar-refractivity contribution in [3.63, 3.8) is 0 Å². The first-order chi connectivity index (χ1) is 17.1. The standard InChI is InChI=1S/C25H24FNO8S/c1-32-22-13-16(14-23(33-2)25(22)35-4)5-6-17-7-12-21(26)24(34-3)20(17)15-36(30,31)19-10-8-18(9-11-19)27(28)29/h5-14H,15H2,1-4H3/b6-5-. The average Bonchev–Trinajstić information content (AvgIpc) is 2.87. The molecular weight excluding hydrogens is 493 g/mol. The van der Waals surface area contributed by atoms with Gasteiger partial charge in [-0.15, -0.1) is 0 Å². The molecule has 0 unspecified atom stereocenters. The van der Waals surface area contributed by atoms with Crippen molar-refractivity contribution in [3.8, 4) is 23.0 Å². The minimum Gasteiger partial charge on any atom is -0.493 e. The Morgan fingerprint density at radius 3 is 1.94 bits per heavy atom. The Hall–Kier alpha value is -4.12. The summed E-state index contributed by atoms with van der Waals surface area (Å²) in [5, 5.41) is 10.9. The van der Waals surface area contributed by atoms with Crippen LogP contribution in [0.2, 0.25) is 0 Å². The largest absolute Gasteiger partial charge is 0.493 e. The summed E-state index contributed by atoms with van der Waals surface area (Å²) in [6.07, 6.45) is 3.29. The molecule has 36 heavy (non-hydrogen) atoms. The predicted octanol–water partition coefficient (Wildman–Crippen LogP) is 4.91. The fraction of sp³-hybridized carbons (Fsp3) is 0.200. The van der Waals surface area contributed by atoms with E-state index in [0.717, 1.165) is 24.3 Å². The van der Waals surface area contributed by atoms with Crippen molar-refractivity contribution in [3.05, 3.63) is 81.2 Å². The third kappa shape index (κ3) is 5.57.